The number of para-hydroxylation sites is 2. The van der Waals surface area contributed by atoms with E-state index in [-0.39, 0.29) is 0 Å². The molecule has 0 saturated heterocycles. The fourth-order valence-electron chi connectivity index (χ4n) is 9.87. The van der Waals surface area contributed by atoms with E-state index in [0.29, 0.717) is 0 Å². The Bertz CT molecular complexity index is 2420. The lowest BCUT2D eigenvalue weighted by molar-refractivity contribution is 0.767. The third-order valence-electron chi connectivity index (χ3n) is 13.2. The van der Waals surface area contributed by atoms with Gasteiger partial charge >= 0.3 is 0 Å². The zero-order chi connectivity index (χ0) is 37.4. The number of fused-ring (bicyclic) bond motifs is 4. The van der Waals surface area contributed by atoms with Gasteiger partial charge in [0.05, 0.1) is 0 Å². The maximum atomic E-state index is 2.57. The number of hydrogen-bond acceptors (Lipinski definition) is 2. The Morgan fingerprint density at radius 1 is 0.370 bits per heavy atom. The molecule has 0 radical (unpaired) electrons. The molecule has 0 saturated carbocycles. The van der Waals surface area contributed by atoms with Crippen LogP contribution in [0.5, 0.6) is 0 Å². The van der Waals surface area contributed by atoms with Crippen LogP contribution in [0.3, 0.4) is 0 Å². The molecule has 2 aliphatic rings. The largest absolute Gasteiger partial charge is 0.341 e. The van der Waals surface area contributed by atoms with Gasteiger partial charge in [-0.05, 0) is 217 Å². The summed E-state index contributed by atoms with van der Waals surface area (Å²) < 4.78 is 0. The van der Waals surface area contributed by atoms with Crippen molar-refractivity contribution in [2.45, 2.75) is 81.1 Å². The van der Waals surface area contributed by atoms with E-state index in [1.807, 2.05) is 0 Å². The molecule has 54 heavy (non-hydrogen) atoms. The highest BCUT2D eigenvalue weighted by Gasteiger charge is 2.27. The van der Waals surface area contributed by atoms with Crippen LogP contribution < -0.4 is 9.80 Å². The Kier molecular flexibility index (Phi) is 8.42. The summed E-state index contributed by atoms with van der Waals surface area (Å²) in [5, 5.41) is 5.33. The normalized spacial score (nSPS) is 14.1. The molecule has 2 nitrogen and oxygen atoms in total. The predicted molar refractivity (Wildman–Crippen MR) is 234 cm³/mol. The van der Waals surface area contributed by atoms with Crippen LogP contribution in [0.25, 0.3) is 43.8 Å². The monoisotopic (exact) mass is 704 g/mol. The van der Waals surface area contributed by atoms with E-state index in [0.717, 1.165) is 38.8 Å². The fourth-order valence-corrected chi connectivity index (χ4v) is 9.87. The summed E-state index contributed by atoms with van der Waals surface area (Å²) >= 11 is 0. The molecule has 7 aromatic rings. The van der Waals surface area contributed by atoms with Crippen LogP contribution in [0.15, 0.2) is 97.1 Å². The average molecular weight is 705 g/mol. The summed E-state index contributed by atoms with van der Waals surface area (Å²) in [6.45, 7) is 20.5. The van der Waals surface area contributed by atoms with Gasteiger partial charge in [0.25, 0.3) is 0 Å². The molecule has 0 fully saturated rings. The first-order chi connectivity index (χ1) is 26.1. The maximum Gasteiger partial charge on any atom is 0.0443 e. The molecule has 0 aromatic heterocycles. The molecule has 9 rings (SSSR count). The minimum Gasteiger partial charge on any atom is -0.341 e. The molecular weight excluding hydrogens is 653 g/mol. The highest BCUT2D eigenvalue weighted by atomic mass is 15.1. The van der Waals surface area contributed by atoms with Gasteiger partial charge in [0.2, 0.25) is 0 Å². The number of nitrogens with zero attached hydrogens (tertiary/aromatic N) is 2. The van der Waals surface area contributed by atoms with Gasteiger partial charge in [-0.25, -0.2) is 0 Å². The lowest BCUT2D eigenvalue weighted by Gasteiger charge is -2.33. The third kappa shape index (κ3) is 5.36. The van der Waals surface area contributed by atoms with Crippen LogP contribution in [-0.2, 0) is 12.8 Å². The van der Waals surface area contributed by atoms with Crippen molar-refractivity contribution < 1.29 is 0 Å². The van der Waals surface area contributed by atoms with Crippen molar-refractivity contribution in [2.24, 2.45) is 0 Å². The van der Waals surface area contributed by atoms with Crippen LogP contribution in [-0.4, -0.2) is 13.1 Å². The first-order valence-corrected chi connectivity index (χ1v) is 20.0. The van der Waals surface area contributed by atoms with E-state index in [4.69, 9.17) is 0 Å². The van der Waals surface area contributed by atoms with Gasteiger partial charge in [0.1, 0.15) is 0 Å². The predicted octanol–water partition coefficient (Wildman–Crippen LogP) is 14.0. The molecule has 0 spiro atoms. The molecule has 0 amide bonds. The van der Waals surface area contributed by atoms with Crippen molar-refractivity contribution in [1.29, 1.82) is 0 Å². The molecule has 0 aliphatic carbocycles. The second kappa shape index (κ2) is 13.2. The Balaban J connectivity index is 1.45. The van der Waals surface area contributed by atoms with Crippen molar-refractivity contribution in [3.63, 3.8) is 0 Å². The first kappa shape index (κ1) is 34.4. The third-order valence-corrected chi connectivity index (χ3v) is 13.2. The lowest BCUT2D eigenvalue weighted by Crippen LogP contribution is -2.24. The summed E-state index contributed by atoms with van der Waals surface area (Å²) in [4.78, 5) is 5.13. The Morgan fingerprint density at radius 2 is 0.741 bits per heavy atom. The number of hydrogen-bond donors (Lipinski definition) is 0. The first-order valence-electron chi connectivity index (χ1n) is 20.0. The van der Waals surface area contributed by atoms with E-state index < -0.39 is 0 Å². The zero-order valence-corrected chi connectivity index (χ0v) is 33.4. The summed E-state index contributed by atoms with van der Waals surface area (Å²) in [6.07, 6.45) is 4.58. The van der Waals surface area contributed by atoms with Crippen molar-refractivity contribution in [2.75, 3.05) is 22.9 Å². The number of aryl methyl sites for hydroxylation is 6. The fraction of sp³-hybridized carbons (Fsp3) is 0.269. The summed E-state index contributed by atoms with van der Waals surface area (Å²) in [7, 11) is 0. The molecule has 7 aromatic carbocycles. The molecule has 2 aliphatic heterocycles. The molecule has 270 valence electrons. The van der Waals surface area contributed by atoms with E-state index in [2.05, 4.69) is 162 Å². The Labute approximate surface area is 322 Å². The standard InChI is InChI=1S/C52H52N2/c1-31-27-32(2)36(6)49(35(31)5)51-43-23-21-42(54-26-14-18-40-16-10-12-20-48(40)54)30-46(43)52(50-37(7)33(3)28-34(4)38(50)8)44-24-22-41(29-45(44)51)53-25-13-17-39-15-9-11-19-47(39)53/h9-12,15-16,19-24,27-30H,13-14,17-18,25-26H2,1-8H3. The van der Waals surface area contributed by atoms with Crippen molar-refractivity contribution >= 4 is 44.3 Å². The summed E-state index contributed by atoms with van der Waals surface area (Å²) in [5.74, 6) is 0. The van der Waals surface area contributed by atoms with Crippen LogP contribution in [0.1, 0.15) is 68.5 Å². The minimum absolute atomic E-state index is 1.02. The van der Waals surface area contributed by atoms with Crippen molar-refractivity contribution in [1.82, 2.24) is 0 Å². The highest BCUT2D eigenvalue weighted by Crippen LogP contribution is 2.50. The SMILES string of the molecule is Cc1cc(C)c(C)c(-c2c3ccc(N4CCCc5ccccc54)cc3c(-c3c(C)c(C)cc(C)c3C)c3ccc(N4CCCc5ccccc54)cc23)c1C. The smallest absolute Gasteiger partial charge is 0.0443 e. The van der Waals surface area contributed by atoms with Gasteiger partial charge in [-0.2, -0.15) is 0 Å². The van der Waals surface area contributed by atoms with Crippen molar-refractivity contribution in [3.8, 4) is 22.3 Å². The molecule has 0 atom stereocenters. The Morgan fingerprint density at radius 3 is 1.13 bits per heavy atom. The quantitative estimate of drug-likeness (QED) is 0.168. The van der Waals surface area contributed by atoms with Crippen LogP contribution in [0.2, 0.25) is 0 Å². The molecule has 0 bridgehead atoms. The van der Waals surface area contributed by atoms with Crippen LogP contribution >= 0.6 is 0 Å². The minimum atomic E-state index is 1.02. The average Bonchev–Trinajstić information content (AvgIpc) is 3.19. The Hall–Kier alpha value is -5.34. The number of benzene rings is 7. The second-order valence-corrected chi connectivity index (χ2v) is 16.2. The maximum absolute atomic E-state index is 2.57. The topological polar surface area (TPSA) is 6.48 Å². The van der Waals surface area contributed by atoms with Gasteiger partial charge in [-0.15, -0.1) is 0 Å². The van der Waals surface area contributed by atoms with Gasteiger partial charge in [-0.1, -0.05) is 60.7 Å². The highest BCUT2D eigenvalue weighted by molar-refractivity contribution is 6.23. The van der Waals surface area contributed by atoms with Gasteiger partial charge < -0.3 is 9.80 Å². The second-order valence-electron chi connectivity index (χ2n) is 16.2. The summed E-state index contributed by atoms with van der Waals surface area (Å²) in [6, 6.07) is 37.6. The molecule has 2 heteroatoms. The molecule has 0 unspecified atom stereocenters. The molecule has 2 heterocycles. The zero-order valence-electron chi connectivity index (χ0n) is 33.4. The number of anilines is 4. The van der Waals surface area contributed by atoms with Crippen LogP contribution in [0.4, 0.5) is 22.7 Å². The van der Waals surface area contributed by atoms with Gasteiger partial charge in [0.15, 0.2) is 0 Å². The van der Waals surface area contributed by atoms with Gasteiger partial charge in [0, 0.05) is 35.8 Å². The summed E-state index contributed by atoms with van der Waals surface area (Å²) in [5.41, 5.74) is 24.5. The number of rotatable bonds is 4. The molecule has 0 N–H and O–H groups in total. The van der Waals surface area contributed by atoms with Crippen LogP contribution in [0, 0.1) is 55.4 Å². The van der Waals surface area contributed by atoms with E-state index in [1.165, 1.54) is 122 Å². The lowest BCUT2D eigenvalue weighted by atomic mass is 9.79. The van der Waals surface area contributed by atoms with Crippen molar-refractivity contribution in [3.05, 3.63) is 153 Å². The van der Waals surface area contributed by atoms with E-state index >= 15 is 0 Å². The van der Waals surface area contributed by atoms with Gasteiger partial charge in [-0.3, -0.25) is 0 Å². The van der Waals surface area contributed by atoms with E-state index in [9.17, 15) is 0 Å². The molecular formula is C52H52N2. The van der Waals surface area contributed by atoms with E-state index in [1.54, 1.807) is 0 Å².